The Morgan fingerprint density at radius 3 is 1.90 bits per heavy atom. The summed E-state index contributed by atoms with van der Waals surface area (Å²) in [7, 11) is -2.01. The first kappa shape index (κ1) is 28.7. The monoisotopic (exact) mass is 434 g/mol. The van der Waals surface area contributed by atoms with Gasteiger partial charge in [0.25, 0.3) is 0 Å². The highest BCUT2D eigenvalue weighted by Crippen LogP contribution is 2.38. The summed E-state index contributed by atoms with van der Waals surface area (Å²) < 4.78 is 6.53. The number of hydrogen-bond donors (Lipinski definition) is 0. The maximum atomic E-state index is 12.8. The molecule has 0 bridgehead atoms. The molecule has 3 nitrogen and oxygen atoms in total. The Morgan fingerprint density at radius 2 is 1.43 bits per heavy atom. The van der Waals surface area contributed by atoms with Gasteiger partial charge in [-0.3, -0.25) is 9.59 Å². The van der Waals surface area contributed by atoms with Crippen LogP contribution in [-0.2, 0) is 14.0 Å². The smallest absolute Gasteiger partial charge is 0.193 e. The van der Waals surface area contributed by atoms with Gasteiger partial charge in [0.15, 0.2) is 14.1 Å². The maximum Gasteiger partial charge on any atom is 0.193 e. The molecule has 0 radical (unpaired) electrons. The van der Waals surface area contributed by atoms with Crippen LogP contribution in [-0.4, -0.2) is 26.5 Å². The Hall–Kier alpha value is -1.26. The molecule has 0 rings (SSSR count). The highest BCUT2D eigenvalue weighted by molar-refractivity contribution is 6.74. The first-order valence-electron chi connectivity index (χ1n) is 11.3. The van der Waals surface area contributed by atoms with Gasteiger partial charge in [0.2, 0.25) is 0 Å². The Morgan fingerprint density at radius 1 is 0.933 bits per heavy atom. The molecule has 4 heteroatoms. The van der Waals surface area contributed by atoms with Crippen LogP contribution in [0.25, 0.3) is 0 Å². The van der Waals surface area contributed by atoms with Crippen LogP contribution in [0.2, 0.25) is 18.1 Å². The molecule has 0 saturated heterocycles. The first-order chi connectivity index (χ1) is 13.7. The highest BCUT2D eigenvalue weighted by Gasteiger charge is 2.40. The third-order valence-corrected chi connectivity index (χ3v) is 10.5. The quantitative estimate of drug-likeness (QED) is 0.130. The largest absolute Gasteiger partial charge is 0.407 e. The highest BCUT2D eigenvalue weighted by atomic mass is 28.4. The van der Waals surface area contributed by atoms with Gasteiger partial charge in [0.05, 0.1) is 0 Å². The summed E-state index contributed by atoms with van der Waals surface area (Å²) >= 11 is 0. The number of rotatable bonds is 13. The summed E-state index contributed by atoms with van der Waals surface area (Å²) in [5, 5.41) is 0.0846. The van der Waals surface area contributed by atoms with Crippen molar-refractivity contribution in [1.82, 2.24) is 0 Å². The Balaban J connectivity index is 4.93. The van der Waals surface area contributed by atoms with Crippen molar-refractivity contribution in [2.75, 3.05) is 0 Å². The second-order valence-corrected chi connectivity index (χ2v) is 15.2. The molecule has 0 aromatic carbocycles. The number of carbonyl (C=O) groups is 2. The molecule has 172 valence electrons. The van der Waals surface area contributed by atoms with Crippen LogP contribution in [0.15, 0.2) is 34.9 Å². The minimum Gasteiger partial charge on any atom is -0.407 e. The lowest BCUT2D eigenvalue weighted by Gasteiger charge is -2.39. The van der Waals surface area contributed by atoms with E-state index in [9.17, 15) is 9.59 Å². The molecule has 0 heterocycles. The summed E-state index contributed by atoms with van der Waals surface area (Å²) in [6.45, 7) is 21.3. The van der Waals surface area contributed by atoms with Gasteiger partial charge in [-0.25, -0.2) is 0 Å². The van der Waals surface area contributed by atoms with E-state index >= 15 is 0 Å². The number of hydrogen-bond acceptors (Lipinski definition) is 3. The molecule has 0 aliphatic carbocycles. The van der Waals surface area contributed by atoms with Crippen LogP contribution >= 0.6 is 0 Å². The van der Waals surface area contributed by atoms with Gasteiger partial charge >= 0.3 is 0 Å². The molecule has 1 unspecified atom stereocenters. The summed E-state index contributed by atoms with van der Waals surface area (Å²) in [5.41, 5.74) is 3.71. The second-order valence-electron chi connectivity index (χ2n) is 10.5. The van der Waals surface area contributed by atoms with Crippen LogP contribution in [0.4, 0.5) is 0 Å². The van der Waals surface area contributed by atoms with Crippen molar-refractivity contribution in [3.8, 4) is 0 Å². The molecule has 0 amide bonds. The van der Waals surface area contributed by atoms with E-state index < -0.39 is 8.32 Å². The molecular formula is C26H46O3Si. The number of Topliss-reactive ketones (excluding diaryl/α,β-unsaturated/α-hetero) is 1. The van der Waals surface area contributed by atoms with E-state index in [2.05, 4.69) is 59.9 Å². The molecule has 0 aliphatic rings. The van der Waals surface area contributed by atoms with Crippen LogP contribution in [0.5, 0.6) is 0 Å². The normalized spacial score (nSPS) is 15.5. The van der Waals surface area contributed by atoms with Crippen molar-refractivity contribution in [1.29, 1.82) is 0 Å². The van der Waals surface area contributed by atoms with Gasteiger partial charge in [0.1, 0.15) is 12.4 Å². The van der Waals surface area contributed by atoms with Crippen LogP contribution in [0.3, 0.4) is 0 Å². The van der Waals surface area contributed by atoms with E-state index in [0.29, 0.717) is 6.42 Å². The maximum absolute atomic E-state index is 12.8. The fourth-order valence-corrected chi connectivity index (χ4v) is 4.14. The zero-order valence-electron chi connectivity index (χ0n) is 21.2. The summed E-state index contributed by atoms with van der Waals surface area (Å²) in [6, 6.07) is 0. The van der Waals surface area contributed by atoms with Gasteiger partial charge < -0.3 is 4.43 Å². The van der Waals surface area contributed by atoms with Gasteiger partial charge in [-0.2, -0.15) is 0 Å². The predicted octanol–water partition coefficient (Wildman–Crippen LogP) is 7.59. The standard InChI is InChI=1S/C26H46O3Si/c1-20(2)25(28)24(29-30(9,10)26(6,7)8)19-23(5)16-12-14-21(3)13-11-15-22(4)17-18-27/h13,16-18,20,24H,11-12,14-15,19H2,1-10H3/b21-13+,22-17+,23-16+. The lowest BCUT2D eigenvalue weighted by molar-refractivity contribution is -0.129. The molecule has 0 fully saturated rings. The second kappa shape index (κ2) is 13.2. The van der Waals surface area contributed by atoms with E-state index in [1.165, 1.54) is 11.1 Å². The van der Waals surface area contributed by atoms with Crippen LogP contribution in [0.1, 0.15) is 87.5 Å². The molecule has 0 spiro atoms. The van der Waals surface area contributed by atoms with Crippen molar-refractivity contribution in [2.24, 2.45) is 5.92 Å². The molecule has 1 atom stereocenters. The number of allylic oxidation sites excluding steroid dienone is 5. The molecule has 0 N–H and O–H groups in total. The Bertz CT molecular complexity index is 646. The zero-order valence-corrected chi connectivity index (χ0v) is 22.2. The summed E-state index contributed by atoms with van der Waals surface area (Å²) in [5.74, 6) is 0.192. The zero-order chi connectivity index (χ0) is 23.5. The first-order valence-corrected chi connectivity index (χ1v) is 14.3. The van der Waals surface area contributed by atoms with E-state index in [-0.39, 0.29) is 22.8 Å². The van der Waals surface area contributed by atoms with Crippen LogP contribution in [0, 0.1) is 5.92 Å². The lowest BCUT2D eigenvalue weighted by atomic mass is 9.98. The number of aldehydes is 1. The van der Waals surface area contributed by atoms with Gasteiger partial charge in [-0.1, -0.05) is 63.5 Å². The van der Waals surface area contributed by atoms with Crippen molar-refractivity contribution in [2.45, 2.75) is 112 Å². The lowest BCUT2D eigenvalue weighted by Crippen LogP contribution is -2.46. The predicted molar refractivity (Wildman–Crippen MR) is 132 cm³/mol. The van der Waals surface area contributed by atoms with E-state index in [1.807, 2.05) is 20.8 Å². The van der Waals surface area contributed by atoms with Gasteiger partial charge in [-0.05, 0) is 70.7 Å². The van der Waals surface area contributed by atoms with Crippen molar-refractivity contribution in [3.05, 3.63) is 34.9 Å². The number of carbonyl (C=O) groups excluding carboxylic acids is 2. The van der Waals surface area contributed by atoms with Crippen molar-refractivity contribution < 1.29 is 14.0 Å². The molecule has 0 saturated carbocycles. The third kappa shape index (κ3) is 11.2. The molecule has 0 aromatic heterocycles. The average molecular weight is 435 g/mol. The summed E-state index contributed by atoms with van der Waals surface area (Å²) in [6.07, 6.45) is 11.2. The Labute approximate surface area is 187 Å². The topological polar surface area (TPSA) is 43.4 Å². The SMILES string of the molecule is C/C(=C\C=O)CC/C=C(\C)CC/C=C(\C)CC(O[Si](C)(C)C(C)(C)C)C(=O)C(C)C. The van der Waals surface area contributed by atoms with Crippen molar-refractivity contribution in [3.63, 3.8) is 0 Å². The molecule has 0 aliphatic heterocycles. The van der Waals surface area contributed by atoms with Crippen molar-refractivity contribution >= 4 is 20.4 Å². The van der Waals surface area contributed by atoms with Gasteiger partial charge in [-0.15, -0.1) is 0 Å². The fourth-order valence-electron chi connectivity index (χ4n) is 2.87. The average Bonchev–Trinajstić information content (AvgIpc) is 2.59. The molecule has 0 aromatic rings. The van der Waals surface area contributed by atoms with Gasteiger partial charge in [0, 0.05) is 12.3 Å². The third-order valence-electron chi connectivity index (χ3n) is 6.05. The minimum absolute atomic E-state index is 0.0190. The van der Waals surface area contributed by atoms with E-state index in [4.69, 9.17) is 4.43 Å². The van der Waals surface area contributed by atoms with E-state index in [1.54, 1.807) is 6.08 Å². The fraction of sp³-hybridized carbons (Fsp3) is 0.692. The van der Waals surface area contributed by atoms with E-state index in [0.717, 1.165) is 37.5 Å². The number of ketones is 1. The minimum atomic E-state index is -2.01. The summed E-state index contributed by atoms with van der Waals surface area (Å²) in [4.78, 5) is 23.3. The van der Waals surface area contributed by atoms with Crippen LogP contribution < -0.4 is 0 Å². The molecular weight excluding hydrogens is 388 g/mol. The molecule has 30 heavy (non-hydrogen) atoms. The Kier molecular flexibility index (Phi) is 12.7.